The topological polar surface area (TPSA) is 124 Å². The van der Waals surface area contributed by atoms with Gasteiger partial charge in [-0.15, -0.1) is 0 Å². The fraction of sp³-hybridized carbons (Fsp3) is 0.143. The van der Waals surface area contributed by atoms with Gasteiger partial charge in [-0.2, -0.15) is 0 Å². The number of rotatable bonds is 4. The Morgan fingerprint density at radius 2 is 2.04 bits per heavy atom. The van der Waals surface area contributed by atoms with Gasteiger partial charge in [0.2, 0.25) is 5.78 Å². The first kappa shape index (κ1) is 16.7. The summed E-state index contributed by atoms with van der Waals surface area (Å²) >= 11 is 3.21. The van der Waals surface area contributed by atoms with Crippen molar-refractivity contribution in [1.82, 2.24) is 9.55 Å². The van der Waals surface area contributed by atoms with Gasteiger partial charge >= 0.3 is 11.7 Å². The van der Waals surface area contributed by atoms with E-state index in [0.717, 1.165) is 4.57 Å². The van der Waals surface area contributed by atoms with E-state index >= 15 is 0 Å². The molecule has 23 heavy (non-hydrogen) atoms. The molecule has 0 aliphatic rings. The molecule has 1 heterocycles. The van der Waals surface area contributed by atoms with E-state index in [2.05, 4.69) is 15.9 Å². The molecule has 0 amide bonds. The second-order valence-electron chi connectivity index (χ2n) is 4.59. The Morgan fingerprint density at radius 1 is 1.35 bits per heavy atom. The number of nitrogen functional groups attached to an aromatic ring is 1. The summed E-state index contributed by atoms with van der Waals surface area (Å²) in [5.74, 6) is -1.82. The highest BCUT2D eigenvalue weighted by Crippen LogP contribution is 2.13. The third kappa shape index (κ3) is 3.57. The number of nitrogens with zero attached hydrogens (tertiary/aromatic N) is 1. The molecule has 9 heteroatoms. The van der Waals surface area contributed by atoms with Gasteiger partial charge in [-0.1, -0.05) is 22.0 Å². The number of nitrogens with two attached hydrogens (primary N) is 1. The van der Waals surface area contributed by atoms with E-state index < -0.39 is 35.2 Å². The van der Waals surface area contributed by atoms with Crippen molar-refractivity contribution >= 4 is 33.5 Å². The lowest BCUT2D eigenvalue weighted by molar-refractivity contribution is 0.0474. The molecule has 2 rings (SSSR count). The first-order valence-corrected chi connectivity index (χ1v) is 7.15. The number of hydrogen-bond acceptors (Lipinski definition) is 6. The number of carbonyl (C=O) groups excluding carboxylic acids is 2. The third-order valence-corrected chi connectivity index (χ3v) is 3.54. The Morgan fingerprint density at radius 3 is 2.70 bits per heavy atom. The van der Waals surface area contributed by atoms with E-state index in [-0.39, 0.29) is 11.4 Å². The van der Waals surface area contributed by atoms with Crippen molar-refractivity contribution in [2.75, 3.05) is 12.3 Å². The van der Waals surface area contributed by atoms with Crippen LogP contribution in [0.15, 0.2) is 38.3 Å². The number of esters is 1. The van der Waals surface area contributed by atoms with Gasteiger partial charge in [-0.3, -0.25) is 19.1 Å². The minimum atomic E-state index is -0.922. The average Bonchev–Trinajstić information content (AvgIpc) is 2.50. The van der Waals surface area contributed by atoms with Crippen molar-refractivity contribution in [2.45, 2.75) is 0 Å². The molecule has 0 unspecified atom stereocenters. The number of H-pyrrole nitrogens is 1. The summed E-state index contributed by atoms with van der Waals surface area (Å²) in [5.41, 5.74) is 3.76. The lowest BCUT2D eigenvalue weighted by atomic mass is 10.2. The number of ether oxygens (including phenoxy) is 1. The Kier molecular flexibility index (Phi) is 4.80. The molecule has 0 saturated heterocycles. The number of aromatic nitrogens is 2. The van der Waals surface area contributed by atoms with Crippen molar-refractivity contribution in [2.24, 2.45) is 7.05 Å². The molecular formula is C14H12BrN3O5. The van der Waals surface area contributed by atoms with E-state index in [0.29, 0.717) is 4.47 Å². The second-order valence-corrected chi connectivity index (χ2v) is 5.50. The monoisotopic (exact) mass is 381 g/mol. The van der Waals surface area contributed by atoms with Crippen molar-refractivity contribution in [3.63, 3.8) is 0 Å². The molecule has 1 aromatic carbocycles. The van der Waals surface area contributed by atoms with E-state index in [4.69, 9.17) is 10.5 Å². The van der Waals surface area contributed by atoms with Crippen LogP contribution in [0.3, 0.4) is 0 Å². The Labute approximate surface area is 138 Å². The number of benzene rings is 1. The summed E-state index contributed by atoms with van der Waals surface area (Å²) in [6.45, 7) is -0.670. The number of nitrogens with one attached hydrogen (secondary N) is 1. The van der Waals surface area contributed by atoms with Gasteiger partial charge in [0, 0.05) is 11.5 Å². The Balaban J connectivity index is 2.18. The van der Waals surface area contributed by atoms with Crippen LogP contribution in [0.2, 0.25) is 0 Å². The van der Waals surface area contributed by atoms with Crippen LogP contribution < -0.4 is 17.0 Å². The molecule has 0 saturated carbocycles. The van der Waals surface area contributed by atoms with Crippen LogP contribution >= 0.6 is 15.9 Å². The van der Waals surface area contributed by atoms with Gasteiger partial charge in [0.15, 0.2) is 6.61 Å². The number of hydrogen-bond donors (Lipinski definition) is 2. The lowest BCUT2D eigenvalue weighted by Gasteiger charge is -2.08. The smallest absolute Gasteiger partial charge is 0.338 e. The van der Waals surface area contributed by atoms with Crippen molar-refractivity contribution in [1.29, 1.82) is 0 Å². The van der Waals surface area contributed by atoms with Crippen LogP contribution in [-0.2, 0) is 11.8 Å². The molecule has 3 N–H and O–H groups in total. The summed E-state index contributed by atoms with van der Waals surface area (Å²) in [5, 5.41) is 0. The summed E-state index contributed by atoms with van der Waals surface area (Å²) in [6, 6.07) is 6.41. The minimum absolute atomic E-state index is 0.245. The molecule has 0 radical (unpaired) electrons. The fourth-order valence-corrected chi connectivity index (χ4v) is 2.21. The molecule has 0 fully saturated rings. The first-order valence-electron chi connectivity index (χ1n) is 6.36. The van der Waals surface area contributed by atoms with Gasteiger partial charge in [0.1, 0.15) is 11.4 Å². The zero-order chi connectivity index (χ0) is 17.1. The van der Waals surface area contributed by atoms with Crippen molar-refractivity contribution < 1.29 is 14.3 Å². The van der Waals surface area contributed by atoms with E-state index in [1.807, 2.05) is 4.98 Å². The molecule has 0 aliphatic carbocycles. The summed E-state index contributed by atoms with van der Waals surface area (Å²) < 4.78 is 6.47. The van der Waals surface area contributed by atoms with Crippen LogP contribution in [0, 0.1) is 0 Å². The van der Waals surface area contributed by atoms with E-state index in [1.165, 1.54) is 19.2 Å². The molecule has 0 bridgehead atoms. The number of Topliss-reactive ketones (excluding diaryl/α,β-unsaturated/α-hetero) is 1. The number of halogens is 1. The maximum Gasteiger partial charge on any atom is 0.338 e. The average molecular weight is 382 g/mol. The van der Waals surface area contributed by atoms with Crippen LogP contribution in [0.1, 0.15) is 20.7 Å². The highest BCUT2D eigenvalue weighted by Gasteiger charge is 2.20. The number of carbonyl (C=O) groups is 2. The molecule has 8 nitrogen and oxygen atoms in total. The summed E-state index contributed by atoms with van der Waals surface area (Å²) in [7, 11) is 1.30. The van der Waals surface area contributed by atoms with E-state index in [9.17, 15) is 19.2 Å². The number of anilines is 1. The fourth-order valence-electron chi connectivity index (χ4n) is 1.81. The first-order chi connectivity index (χ1) is 10.8. The van der Waals surface area contributed by atoms with Crippen molar-refractivity contribution in [3.05, 3.63) is 60.7 Å². The Hall–Kier alpha value is -2.68. The summed E-state index contributed by atoms with van der Waals surface area (Å²) in [6.07, 6.45) is 0. The molecule has 0 atom stereocenters. The van der Waals surface area contributed by atoms with Gasteiger partial charge in [-0.25, -0.2) is 9.59 Å². The molecule has 2 aromatic rings. The largest absolute Gasteiger partial charge is 0.454 e. The predicted molar refractivity (Wildman–Crippen MR) is 85.5 cm³/mol. The standard InChI is InChI=1S/C14H12BrN3O5/c1-18-11(16)10(12(20)17-14(18)22)9(19)6-23-13(21)7-3-2-4-8(15)5-7/h2-5H,6,16H2,1H3,(H,17,20,22). The normalized spacial score (nSPS) is 10.3. The quantitative estimate of drug-likeness (QED) is 0.585. The van der Waals surface area contributed by atoms with Crippen LogP contribution in [-0.4, -0.2) is 27.9 Å². The maximum absolute atomic E-state index is 12.1. The highest BCUT2D eigenvalue weighted by atomic mass is 79.9. The molecule has 0 aliphatic heterocycles. The van der Waals surface area contributed by atoms with Gasteiger partial charge in [0.05, 0.1) is 5.56 Å². The van der Waals surface area contributed by atoms with Gasteiger partial charge in [-0.05, 0) is 18.2 Å². The zero-order valence-electron chi connectivity index (χ0n) is 12.0. The maximum atomic E-state index is 12.1. The predicted octanol–water partition coefficient (Wildman–Crippen LogP) is 0.458. The van der Waals surface area contributed by atoms with Crippen LogP contribution in [0.5, 0.6) is 0 Å². The van der Waals surface area contributed by atoms with Gasteiger partial charge < -0.3 is 10.5 Å². The SMILES string of the molecule is Cn1c(N)c(C(=O)COC(=O)c2cccc(Br)c2)c(=O)[nH]c1=O. The second kappa shape index (κ2) is 6.61. The molecule has 120 valence electrons. The third-order valence-electron chi connectivity index (χ3n) is 3.04. The van der Waals surface area contributed by atoms with Crippen molar-refractivity contribution in [3.8, 4) is 0 Å². The summed E-state index contributed by atoms with van der Waals surface area (Å²) in [4.78, 5) is 48.9. The Bertz CT molecular complexity index is 900. The highest BCUT2D eigenvalue weighted by molar-refractivity contribution is 9.10. The lowest BCUT2D eigenvalue weighted by Crippen LogP contribution is -2.35. The minimum Gasteiger partial charge on any atom is -0.454 e. The van der Waals surface area contributed by atoms with E-state index in [1.54, 1.807) is 12.1 Å². The molecular weight excluding hydrogens is 370 g/mol. The van der Waals surface area contributed by atoms with Gasteiger partial charge in [0.25, 0.3) is 5.56 Å². The zero-order valence-corrected chi connectivity index (χ0v) is 13.5. The van der Waals surface area contributed by atoms with Crippen LogP contribution in [0.25, 0.3) is 0 Å². The molecule has 0 spiro atoms. The number of aromatic amines is 1. The number of ketones is 1. The molecule has 1 aromatic heterocycles. The van der Waals surface area contributed by atoms with Crippen LogP contribution in [0.4, 0.5) is 5.82 Å².